The number of amides is 2. The summed E-state index contributed by atoms with van der Waals surface area (Å²) in [6.07, 6.45) is 2.93. The van der Waals surface area contributed by atoms with Crippen molar-refractivity contribution >= 4 is 17.5 Å². The van der Waals surface area contributed by atoms with Crippen LogP contribution in [0.5, 0.6) is 5.75 Å². The molecule has 1 unspecified atom stereocenters. The molecule has 3 rings (SSSR count). The molecule has 0 aliphatic carbocycles. The number of para-hydroxylation sites is 2. The molecule has 31 heavy (non-hydrogen) atoms. The van der Waals surface area contributed by atoms with Crippen LogP contribution in [0.1, 0.15) is 38.7 Å². The summed E-state index contributed by atoms with van der Waals surface area (Å²) in [5.74, 6) is 0.454. The summed E-state index contributed by atoms with van der Waals surface area (Å²) in [5, 5.41) is 6.06. The van der Waals surface area contributed by atoms with Crippen molar-refractivity contribution in [3.63, 3.8) is 0 Å². The zero-order chi connectivity index (χ0) is 22.1. The van der Waals surface area contributed by atoms with E-state index in [-0.39, 0.29) is 24.4 Å². The lowest BCUT2D eigenvalue weighted by Gasteiger charge is -2.35. The number of fused-ring (bicyclic) bond motifs is 1. The maximum Gasteiger partial charge on any atom is 0.263 e. The minimum absolute atomic E-state index is 0.0519. The molecule has 6 nitrogen and oxygen atoms in total. The molecular weight excluding hydrogens is 390 g/mol. The van der Waals surface area contributed by atoms with Crippen LogP contribution in [0.2, 0.25) is 0 Å². The van der Waals surface area contributed by atoms with E-state index in [1.54, 1.807) is 0 Å². The van der Waals surface area contributed by atoms with Crippen LogP contribution in [-0.2, 0) is 16.0 Å². The number of nitrogens with zero attached hydrogens (tertiary/aromatic N) is 1. The number of rotatable bonds is 10. The van der Waals surface area contributed by atoms with Gasteiger partial charge in [0.25, 0.3) is 5.91 Å². The van der Waals surface area contributed by atoms with E-state index < -0.39 is 6.10 Å². The highest BCUT2D eigenvalue weighted by molar-refractivity contribution is 5.86. The Morgan fingerprint density at radius 3 is 2.52 bits per heavy atom. The molecule has 2 amide bonds. The van der Waals surface area contributed by atoms with Crippen LogP contribution in [0.25, 0.3) is 0 Å². The van der Waals surface area contributed by atoms with Crippen molar-refractivity contribution in [1.29, 1.82) is 0 Å². The van der Waals surface area contributed by atoms with Gasteiger partial charge in [-0.2, -0.15) is 0 Å². The van der Waals surface area contributed by atoms with Gasteiger partial charge in [-0.15, -0.1) is 0 Å². The lowest BCUT2D eigenvalue weighted by molar-refractivity contribution is -0.129. The molecule has 0 fully saturated rings. The van der Waals surface area contributed by atoms with Crippen LogP contribution in [-0.4, -0.2) is 43.6 Å². The van der Waals surface area contributed by atoms with E-state index in [9.17, 15) is 9.59 Å². The van der Waals surface area contributed by atoms with Gasteiger partial charge in [-0.1, -0.05) is 56.3 Å². The Morgan fingerprint density at radius 1 is 1.06 bits per heavy atom. The van der Waals surface area contributed by atoms with Crippen molar-refractivity contribution in [1.82, 2.24) is 10.6 Å². The third kappa shape index (κ3) is 6.48. The molecule has 1 aliphatic rings. The fourth-order valence-electron chi connectivity index (χ4n) is 3.77. The van der Waals surface area contributed by atoms with Gasteiger partial charge >= 0.3 is 0 Å². The average molecular weight is 424 g/mol. The summed E-state index contributed by atoms with van der Waals surface area (Å²) in [6, 6.07) is 17.9. The summed E-state index contributed by atoms with van der Waals surface area (Å²) in [5.41, 5.74) is 2.11. The molecule has 1 heterocycles. The molecule has 0 aromatic heterocycles. The fraction of sp³-hybridized carbons (Fsp3) is 0.440. The standard InChI is InChI=1S/C25H33N3O3/c1-3-20(4-2)27-25(30)23-17-28(21-14-8-9-15-22(21)31-23)18-24(29)26-16-10-13-19-11-6-5-7-12-19/h5-9,11-12,14-15,20,23H,3-4,10,13,16-18H2,1-2H3,(H,26,29)(H,27,30). The maximum absolute atomic E-state index is 12.7. The van der Waals surface area contributed by atoms with Crippen molar-refractivity contribution in [2.45, 2.75) is 51.7 Å². The Morgan fingerprint density at radius 2 is 1.77 bits per heavy atom. The Balaban J connectivity index is 1.55. The van der Waals surface area contributed by atoms with Crippen LogP contribution in [0.4, 0.5) is 5.69 Å². The van der Waals surface area contributed by atoms with Crippen molar-refractivity contribution in [2.24, 2.45) is 0 Å². The highest BCUT2D eigenvalue weighted by Gasteiger charge is 2.32. The van der Waals surface area contributed by atoms with Gasteiger partial charge in [0.05, 0.1) is 18.8 Å². The van der Waals surface area contributed by atoms with Crippen LogP contribution >= 0.6 is 0 Å². The first-order chi connectivity index (χ1) is 15.1. The topological polar surface area (TPSA) is 70.7 Å². The Labute approximate surface area is 185 Å². The van der Waals surface area contributed by atoms with Crippen molar-refractivity contribution in [2.75, 3.05) is 24.5 Å². The van der Waals surface area contributed by atoms with E-state index in [0.717, 1.165) is 31.4 Å². The number of benzene rings is 2. The van der Waals surface area contributed by atoms with Gasteiger partial charge in [-0.05, 0) is 43.4 Å². The third-order valence-corrected chi connectivity index (χ3v) is 5.63. The van der Waals surface area contributed by atoms with Crippen molar-refractivity contribution in [3.8, 4) is 5.75 Å². The lowest BCUT2D eigenvalue weighted by Crippen LogP contribution is -2.52. The van der Waals surface area contributed by atoms with Gasteiger partial charge in [-0.25, -0.2) is 0 Å². The minimum Gasteiger partial charge on any atom is -0.477 e. The number of hydrogen-bond donors (Lipinski definition) is 2. The summed E-state index contributed by atoms with van der Waals surface area (Å²) in [4.78, 5) is 27.3. The molecule has 0 spiro atoms. The molecule has 2 aromatic rings. The molecular formula is C25H33N3O3. The summed E-state index contributed by atoms with van der Waals surface area (Å²) in [7, 11) is 0. The molecule has 0 radical (unpaired) electrons. The summed E-state index contributed by atoms with van der Waals surface area (Å²) >= 11 is 0. The zero-order valence-corrected chi connectivity index (χ0v) is 18.5. The van der Waals surface area contributed by atoms with E-state index in [4.69, 9.17) is 4.74 Å². The lowest BCUT2D eigenvalue weighted by atomic mass is 10.1. The largest absolute Gasteiger partial charge is 0.477 e. The third-order valence-electron chi connectivity index (χ3n) is 5.63. The van der Waals surface area contributed by atoms with Gasteiger partial charge in [-0.3, -0.25) is 9.59 Å². The second-order valence-corrected chi connectivity index (χ2v) is 7.92. The first kappa shape index (κ1) is 22.7. The van der Waals surface area contributed by atoms with Gasteiger partial charge < -0.3 is 20.3 Å². The highest BCUT2D eigenvalue weighted by Crippen LogP contribution is 2.32. The normalized spacial score (nSPS) is 15.2. The van der Waals surface area contributed by atoms with Crippen molar-refractivity contribution in [3.05, 3.63) is 60.2 Å². The number of anilines is 1. The van der Waals surface area contributed by atoms with Gasteiger partial charge in [0.15, 0.2) is 6.10 Å². The first-order valence-corrected chi connectivity index (χ1v) is 11.2. The number of ether oxygens (including phenoxy) is 1. The van der Waals surface area contributed by atoms with Crippen LogP contribution < -0.4 is 20.3 Å². The van der Waals surface area contributed by atoms with Gasteiger partial charge in [0, 0.05) is 12.6 Å². The van der Waals surface area contributed by atoms with Crippen molar-refractivity contribution < 1.29 is 14.3 Å². The summed E-state index contributed by atoms with van der Waals surface area (Å²) < 4.78 is 5.96. The number of carbonyl (C=O) groups is 2. The maximum atomic E-state index is 12.7. The van der Waals surface area contributed by atoms with Crippen LogP contribution in [0.15, 0.2) is 54.6 Å². The Kier molecular flexibility index (Phi) is 8.33. The number of carbonyl (C=O) groups excluding carboxylic acids is 2. The molecule has 166 valence electrons. The molecule has 6 heteroatoms. The zero-order valence-electron chi connectivity index (χ0n) is 18.5. The molecule has 2 aromatic carbocycles. The summed E-state index contributed by atoms with van der Waals surface area (Å²) in [6.45, 7) is 5.28. The minimum atomic E-state index is -0.638. The fourth-order valence-corrected chi connectivity index (χ4v) is 3.77. The smallest absolute Gasteiger partial charge is 0.263 e. The first-order valence-electron chi connectivity index (χ1n) is 11.2. The Bertz CT molecular complexity index is 852. The predicted octanol–water partition coefficient (Wildman–Crippen LogP) is 3.31. The van der Waals surface area contributed by atoms with E-state index in [1.807, 2.05) is 47.4 Å². The quantitative estimate of drug-likeness (QED) is 0.575. The van der Waals surface area contributed by atoms with Gasteiger partial charge in [0.2, 0.25) is 5.91 Å². The van der Waals surface area contributed by atoms with E-state index in [0.29, 0.717) is 18.8 Å². The molecule has 0 saturated heterocycles. The molecule has 1 aliphatic heterocycles. The molecule has 0 bridgehead atoms. The van der Waals surface area contributed by atoms with E-state index in [1.165, 1.54) is 5.56 Å². The monoisotopic (exact) mass is 423 g/mol. The molecule has 0 saturated carbocycles. The van der Waals surface area contributed by atoms with Crippen LogP contribution in [0.3, 0.4) is 0 Å². The Hall–Kier alpha value is -3.02. The second kappa shape index (κ2) is 11.4. The van der Waals surface area contributed by atoms with Crippen LogP contribution in [0, 0.1) is 0 Å². The highest BCUT2D eigenvalue weighted by atomic mass is 16.5. The van der Waals surface area contributed by atoms with Gasteiger partial charge in [0.1, 0.15) is 5.75 Å². The molecule has 2 N–H and O–H groups in total. The van der Waals surface area contributed by atoms with E-state index in [2.05, 4.69) is 36.6 Å². The average Bonchev–Trinajstić information content (AvgIpc) is 2.80. The second-order valence-electron chi connectivity index (χ2n) is 7.92. The molecule has 1 atom stereocenters. The van der Waals surface area contributed by atoms with E-state index >= 15 is 0 Å². The SMILES string of the molecule is CCC(CC)NC(=O)C1CN(CC(=O)NCCCc2ccccc2)c2ccccc2O1. The number of aryl methyl sites for hydroxylation is 1. The number of nitrogens with one attached hydrogen (secondary N) is 2. The number of hydrogen-bond acceptors (Lipinski definition) is 4. The predicted molar refractivity (Wildman–Crippen MR) is 123 cm³/mol.